The summed E-state index contributed by atoms with van der Waals surface area (Å²) in [6.45, 7) is 4.13. The van der Waals surface area contributed by atoms with Crippen molar-refractivity contribution in [1.29, 1.82) is 0 Å². The Balaban J connectivity index is 1.87. The molecule has 1 atom stereocenters. The predicted octanol–water partition coefficient (Wildman–Crippen LogP) is 2.23. The van der Waals surface area contributed by atoms with Crippen LogP contribution in [0.15, 0.2) is 24.3 Å². The van der Waals surface area contributed by atoms with Crippen LogP contribution in [0.5, 0.6) is 0 Å². The molecule has 1 unspecified atom stereocenters. The van der Waals surface area contributed by atoms with E-state index in [0.29, 0.717) is 6.04 Å². The Hall–Kier alpha value is -0.900. The summed E-state index contributed by atoms with van der Waals surface area (Å²) in [4.78, 5) is 2.40. The smallest absolute Gasteiger partial charge is 0.0558 e. The fourth-order valence-corrected chi connectivity index (χ4v) is 2.82. The highest BCUT2D eigenvalue weighted by Crippen LogP contribution is 2.26. The first-order valence-corrected chi connectivity index (χ1v) is 7.38. The van der Waals surface area contributed by atoms with Crippen molar-refractivity contribution in [3.05, 3.63) is 35.4 Å². The van der Waals surface area contributed by atoms with Crippen molar-refractivity contribution < 1.29 is 5.11 Å². The summed E-state index contributed by atoms with van der Waals surface area (Å²) in [5.41, 5.74) is 8.83. The lowest BCUT2D eigenvalue weighted by molar-refractivity contribution is 0.0982. The SMILES string of the molecule is Cc1ccccc1C(N)CCN(CCO)C1CCC1. The minimum atomic E-state index is 0.0995. The average Bonchev–Trinajstić information content (AvgIpc) is 2.34. The van der Waals surface area contributed by atoms with E-state index in [9.17, 15) is 0 Å². The largest absolute Gasteiger partial charge is 0.395 e. The Labute approximate surface area is 116 Å². The molecule has 3 heteroatoms. The summed E-state index contributed by atoms with van der Waals surface area (Å²) < 4.78 is 0. The lowest BCUT2D eigenvalue weighted by Crippen LogP contribution is -2.43. The van der Waals surface area contributed by atoms with Crippen molar-refractivity contribution in [3.63, 3.8) is 0 Å². The molecule has 1 aromatic rings. The number of aryl methyl sites for hydroxylation is 1. The topological polar surface area (TPSA) is 49.5 Å². The summed E-state index contributed by atoms with van der Waals surface area (Å²) in [6, 6.07) is 9.13. The molecular formula is C16H26N2O. The number of benzene rings is 1. The molecule has 3 N–H and O–H groups in total. The first-order valence-electron chi connectivity index (χ1n) is 7.38. The number of hydrogen-bond acceptors (Lipinski definition) is 3. The minimum Gasteiger partial charge on any atom is -0.395 e. The van der Waals surface area contributed by atoms with Gasteiger partial charge in [0.1, 0.15) is 0 Å². The number of rotatable bonds is 7. The molecule has 0 saturated heterocycles. The van der Waals surface area contributed by atoms with Gasteiger partial charge in [0.25, 0.3) is 0 Å². The average molecular weight is 262 g/mol. The van der Waals surface area contributed by atoms with Crippen LogP contribution in [0.1, 0.15) is 42.9 Å². The third-order valence-corrected chi connectivity index (χ3v) is 4.29. The summed E-state index contributed by atoms with van der Waals surface area (Å²) in [7, 11) is 0. The van der Waals surface area contributed by atoms with E-state index in [2.05, 4.69) is 36.1 Å². The van der Waals surface area contributed by atoms with E-state index >= 15 is 0 Å². The molecule has 0 aliphatic heterocycles. The van der Waals surface area contributed by atoms with Crippen LogP contribution < -0.4 is 5.73 Å². The van der Waals surface area contributed by atoms with Crippen molar-refractivity contribution in [2.24, 2.45) is 5.73 Å². The molecule has 1 aromatic carbocycles. The Morgan fingerprint density at radius 3 is 2.63 bits per heavy atom. The number of aliphatic hydroxyl groups is 1. The third-order valence-electron chi connectivity index (χ3n) is 4.29. The van der Waals surface area contributed by atoms with E-state index in [-0.39, 0.29) is 12.6 Å². The molecule has 0 aromatic heterocycles. The van der Waals surface area contributed by atoms with E-state index in [1.807, 2.05) is 0 Å². The first-order chi connectivity index (χ1) is 9.22. The van der Waals surface area contributed by atoms with Crippen LogP contribution in [-0.2, 0) is 0 Å². The zero-order valence-electron chi connectivity index (χ0n) is 11.9. The fourth-order valence-electron chi connectivity index (χ4n) is 2.82. The van der Waals surface area contributed by atoms with Crippen LogP contribution in [0, 0.1) is 6.92 Å². The van der Waals surface area contributed by atoms with Crippen molar-refractivity contribution in [3.8, 4) is 0 Å². The van der Waals surface area contributed by atoms with E-state index in [1.54, 1.807) is 0 Å². The van der Waals surface area contributed by atoms with Gasteiger partial charge in [-0.1, -0.05) is 30.7 Å². The maximum absolute atomic E-state index is 9.16. The highest BCUT2D eigenvalue weighted by atomic mass is 16.3. The lowest BCUT2D eigenvalue weighted by atomic mass is 9.91. The zero-order chi connectivity index (χ0) is 13.7. The van der Waals surface area contributed by atoms with Gasteiger partial charge in [0.05, 0.1) is 6.61 Å². The van der Waals surface area contributed by atoms with Gasteiger partial charge in [0, 0.05) is 25.2 Å². The molecule has 2 rings (SSSR count). The van der Waals surface area contributed by atoms with Gasteiger partial charge in [0.2, 0.25) is 0 Å². The van der Waals surface area contributed by atoms with E-state index in [4.69, 9.17) is 10.8 Å². The molecule has 1 aliphatic rings. The van der Waals surface area contributed by atoms with Gasteiger partial charge in [-0.05, 0) is 37.3 Å². The van der Waals surface area contributed by atoms with Crippen molar-refractivity contribution >= 4 is 0 Å². The fraction of sp³-hybridized carbons (Fsp3) is 0.625. The van der Waals surface area contributed by atoms with E-state index in [0.717, 1.165) is 19.5 Å². The van der Waals surface area contributed by atoms with E-state index in [1.165, 1.54) is 30.4 Å². The molecule has 0 amide bonds. The van der Waals surface area contributed by atoms with Crippen LogP contribution >= 0.6 is 0 Å². The van der Waals surface area contributed by atoms with Gasteiger partial charge < -0.3 is 10.8 Å². The minimum absolute atomic E-state index is 0.0995. The number of nitrogens with zero attached hydrogens (tertiary/aromatic N) is 1. The van der Waals surface area contributed by atoms with Gasteiger partial charge >= 0.3 is 0 Å². The molecule has 1 fully saturated rings. The number of aliphatic hydroxyl groups excluding tert-OH is 1. The molecule has 3 nitrogen and oxygen atoms in total. The summed E-state index contributed by atoms with van der Waals surface area (Å²) >= 11 is 0. The third kappa shape index (κ3) is 3.78. The molecule has 1 aliphatic carbocycles. The Morgan fingerprint density at radius 2 is 2.05 bits per heavy atom. The second-order valence-electron chi connectivity index (χ2n) is 5.60. The van der Waals surface area contributed by atoms with Gasteiger partial charge in [0.15, 0.2) is 0 Å². The molecule has 0 radical (unpaired) electrons. The van der Waals surface area contributed by atoms with Gasteiger partial charge in [-0.3, -0.25) is 4.90 Å². The summed E-state index contributed by atoms with van der Waals surface area (Å²) in [5, 5.41) is 9.16. The maximum Gasteiger partial charge on any atom is 0.0558 e. The van der Waals surface area contributed by atoms with Crippen LogP contribution in [0.25, 0.3) is 0 Å². The second-order valence-corrected chi connectivity index (χ2v) is 5.60. The van der Waals surface area contributed by atoms with Crippen molar-refractivity contribution in [1.82, 2.24) is 4.90 Å². The van der Waals surface area contributed by atoms with Crippen molar-refractivity contribution in [2.75, 3.05) is 19.7 Å². The Morgan fingerprint density at radius 1 is 1.32 bits per heavy atom. The molecule has 106 valence electrons. The molecule has 19 heavy (non-hydrogen) atoms. The predicted molar refractivity (Wildman–Crippen MR) is 79.0 cm³/mol. The van der Waals surface area contributed by atoms with Crippen LogP contribution in [-0.4, -0.2) is 35.7 Å². The summed E-state index contributed by atoms with van der Waals surface area (Å²) in [6.07, 6.45) is 4.84. The molecule has 0 heterocycles. The number of hydrogen-bond donors (Lipinski definition) is 2. The van der Waals surface area contributed by atoms with E-state index < -0.39 is 0 Å². The molecular weight excluding hydrogens is 236 g/mol. The zero-order valence-corrected chi connectivity index (χ0v) is 11.9. The quantitative estimate of drug-likeness (QED) is 0.792. The van der Waals surface area contributed by atoms with Crippen LogP contribution in [0.4, 0.5) is 0 Å². The van der Waals surface area contributed by atoms with Crippen molar-refractivity contribution in [2.45, 2.75) is 44.7 Å². The summed E-state index contributed by atoms with van der Waals surface area (Å²) in [5.74, 6) is 0. The monoisotopic (exact) mass is 262 g/mol. The van der Waals surface area contributed by atoms with Gasteiger partial charge in [-0.15, -0.1) is 0 Å². The molecule has 0 spiro atoms. The highest BCUT2D eigenvalue weighted by Gasteiger charge is 2.24. The first kappa shape index (κ1) is 14.5. The molecule has 0 bridgehead atoms. The number of nitrogens with two attached hydrogens (primary N) is 1. The Bertz CT molecular complexity index is 390. The normalized spacial score (nSPS) is 17.5. The second kappa shape index (κ2) is 7.04. The standard InChI is InChI=1S/C16H26N2O/c1-13-5-2-3-8-15(13)16(17)9-10-18(11-12-19)14-6-4-7-14/h2-3,5,8,14,16,19H,4,6-7,9-12,17H2,1H3. The maximum atomic E-state index is 9.16. The van der Waals surface area contributed by atoms with Crippen LogP contribution in [0.2, 0.25) is 0 Å². The van der Waals surface area contributed by atoms with Gasteiger partial charge in [-0.25, -0.2) is 0 Å². The lowest BCUT2D eigenvalue weighted by Gasteiger charge is -2.37. The van der Waals surface area contributed by atoms with Crippen LogP contribution in [0.3, 0.4) is 0 Å². The highest BCUT2D eigenvalue weighted by molar-refractivity contribution is 5.28. The Kier molecular flexibility index (Phi) is 5.37. The van der Waals surface area contributed by atoms with Gasteiger partial charge in [-0.2, -0.15) is 0 Å². The molecule has 1 saturated carbocycles.